The standard InChI is InChI=1S/C34H48FN9O10/c1-3-41(4-2)29(47)22-18-23(20-25(19-22)44-21-24(39-40-44)8-7-12-35)30(48)42-14-16-43(17-15-42)34(54)36-13-6-5-9-26(31(49)50)37-33(53)38-27(32(51)52)10-11-28(45)46/h18-21,26-27H,3-17H2,1-2H3,(H,36,54)(H,45,46)(H,49,50)(H,51,52)(H2,37,38,53)/t26-,27+/m1/s1. The summed E-state index contributed by atoms with van der Waals surface area (Å²) in [5, 5.41) is 42.6. The molecule has 1 aliphatic heterocycles. The quantitative estimate of drug-likeness (QED) is 0.105. The summed E-state index contributed by atoms with van der Waals surface area (Å²) in [6.07, 6.45) is 2.05. The molecule has 296 valence electrons. The van der Waals surface area contributed by atoms with Crippen molar-refractivity contribution in [2.75, 3.05) is 52.5 Å². The second kappa shape index (κ2) is 21.0. The van der Waals surface area contributed by atoms with Gasteiger partial charge in [-0.3, -0.25) is 18.8 Å². The number of hydrogen-bond donors (Lipinski definition) is 6. The van der Waals surface area contributed by atoms with Crippen LogP contribution in [0.3, 0.4) is 0 Å². The van der Waals surface area contributed by atoms with Gasteiger partial charge in [0.2, 0.25) is 0 Å². The summed E-state index contributed by atoms with van der Waals surface area (Å²) >= 11 is 0. The number of aliphatic carboxylic acids is 3. The van der Waals surface area contributed by atoms with Gasteiger partial charge in [0.25, 0.3) is 11.8 Å². The molecule has 2 aromatic rings. The van der Waals surface area contributed by atoms with Crippen LogP contribution < -0.4 is 16.0 Å². The minimum atomic E-state index is -1.52. The third-order valence-corrected chi connectivity index (χ3v) is 8.74. The predicted molar refractivity (Wildman–Crippen MR) is 189 cm³/mol. The minimum absolute atomic E-state index is 0.0209. The molecular weight excluding hydrogens is 713 g/mol. The molecular formula is C34H48FN9O10. The van der Waals surface area contributed by atoms with Crippen LogP contribution in [0.5, 0.6) is 0 Å². The van der Waals surface area contributed by atoms with Crippen molar-refractivity contribution in [2.45, 2.75) is 70.9 Å². The predicted octanol–water partition coefficient (Wildman–Crippen LogP) is 1.36. The number of carboxylic acids is 3. The van der Waals surface area contributed by atoms with Gasteiger partial charge in [-0.2, -0.15) is 0 Å². The summed E-state index contributed by atoms with van der Waals surface area (Å²) in [6.45, 7) is 5.25. The highest BCUT2D eigenvalue weighted by atomic mass is 19.1. The maximum Gasteiger partial charge on any atom is 0.326 e. The number of urea groups is 2. The van der Waals surface area contributed by atoms with Gasteiger partial charge in [-0.15, -0.1) is 5.10 Å². The van der Waals surface area contributed by atoms with E-state index < -0.39 is 49.1 Å². The second-order valence-corrected chi connectivity index (χ2v) is 12.5. The molecule has 1 aromatic heterocycles. The number of carbonyl (C=O) groups is 7. The van der Waals surface area contributed by atoms with E-state index in [0.29, 0.717) is 49.3 Å². The van der Waals surface area contributed by atoms with Gasteiger partial charge in [-0.25, -0.2) is 23.9 Å². The molecule has 0 unspecified atom stereocenters. The van der Waals surface area contributed by atoms with Crippen LogP contribution in [0.15, 0.2) is 24.4 Å². The first-order valence-corrected chi connectivity index (χ1v) is 17.8. The van der Waals surface area contributed by atoms with Gasteiger partial charge < -0.3 is 46.0 Å². The lowest BCUT2D eigenvalue weighted by Gasteiger charge is -2.35. The number of nitrogens with zero attached hydrogens (tertiary/aromatic N) is 6. The Labute approximate surface area is 310 Å². The highest BCUT2D eigenvalue weighted by Gasteiger charge is 2.28. The molecule has 2 heterocycles. The van der Waals surface area contributed by atoms with E-state index in [1.807, 2.05) is 13.8 Å². The average molecular weight is 762 g/mol. The number of nitrogens with one attached hydrogen (secondary N) is 3. The van der Waals surface area contributed by atoms with Crippen LogP contribution in [0.2, 0.25) is 0 Å². The largest absolute Gasteiger partial charge is 0.481 e. The topological polar surface area (TPSA) is 257 Å². The van der Waals surface area contributed by atoms with Crippen LogP contribution in [-0.4, -0.2) is 151 Å². The number of carbonyl (C=O) groups excluding carboxylic acids is 4. The van der Waals surface area contributed by atoms with Crippen molar-refractivity contribution in [3.8, 4) is 5.69 Å². The van der Waals surface area contributed by atoms with E-state index >= 15 is 0 Å². The fourth-order valence-electron chi connectivity index (χ4n) is 5.69. The molecule has 6 amide bonds. The Hall–Kier alpha value is -5.82. The van der Waals surface area contributed by atoms with Crippen molar-refractivity contribution in [1.82, 2.24) is 45.6 Å². The summed E-state index contributed by atoms with van der Waals surface area (Å²) in [6, 6.07) is 0.471. The lowest BCUT2D eigenvalue weighted by molar-refractivity contribution is -0.140. The normalized spacial score (nSPS) is 13.8. The van der Waals surface area contributed by atoms with E-state index in [4.69, 9.17) is 5.11 Å². The lowest BCUT2D eigenvalue weighted by atomic mass is 10.1. The molecule has 1 saturated heterocycles. The van der Waals surface area contributed by atoms with E-state index in [-0.39, 0.29) is 75.4 Å². The summed E-state index contributed by atoms with van der Waals surface area (Å²) < 4.78 is 14.1. The molecule has 0 spiro atoms. The van der Waals surface area contributed by atoms with Crippen molar-refractivity contribution < 1.29 is 53.3 Å². The SMILES string of the molecule is CCN(CC)C(=O)c1cc(C(=O)N2CCN(C(=O)NCCCC[C@@H](NC(=O)N[C@@H](CCC(=O)O)C(=O)O)C(=O)O)CC2)cc(-n2cc(CCCF)nn2)c1. The smallest absolute Gasteiger partial charge is 0.326 e. The summed E-state index contributed by atoms with van der Waals surface area (Å²) in [7, 11) is 0. The summed E-state index contributed by atoms with van der Waals surface area (Å²) in [4.78, 5) is 90.5. The van der Waals surface area contributed by atoms with Crippen LogP contribution in [0, 0.1) is 0 Å². The van der Waals surface area contributed by atoms with Crippen LogP contribution in [0.25, 0.3) is 5.69 Å². The Kier molecular flexibility index (Phi) is 16.6. The van der Waals surface area contributed by atoms with Gasteiger partial charge in [0.15, 0.2) is 0 Å². The van der Waals surface area contributed by atoms with Crippen molar-refractivity contribution in [1.29, 1.82) is 0 Å². The molecule has 0 bridgehead atoms. The number of hydrogen-bond acceptors (Lipinski definition) is 9. The van der Waals surface area contributed by atoms with E-state index in [1.165, 1.54) is 4.68 Å². The van der Waals surface area contributed by atoms with Gasteiger partial charge in [-0.1, -0.05) is 5.21 Å². The van der Waals surface area contributed by atoms with Gasteiger partial charge in [0.1, 0.15) is 12.1 Å². The number of unbranched alkanes of at least 4 members (excludes halogenated alkanes) is 1. The van der Waals surface area contributed by atoms with E-state index in [9.17, 15) is 48.2 Å². The van der Waals surface area contributed by atoms with Crippen molar-refractivity contribution in [3.63, 3.8) is 0 Å². The Morgan fingerprint density at radius 3 is 2.04 bits per heavy atom. The Bertz CT molecular complexity index is 1640. The van der Waals surface area contributed by atoms with Crippen molar-refractivity contribution >= 4 is 41.8 Å². The number of alkyl halides is 1. The zero-order chi connectivity index (χ0) is 39.8. The number of piperazine rings is 1. The molecule has 1 aromatic carbocycles. The van der Waals surface area contributed by atoms with Crippen molar-refractivity contribution in [3.05, 3.63) is 41.2 Å². The molecule has 0 saturated carbocycles. The third kappa shape index (κ3) is 12.7. The van der Waals surface area contributed by atoms with E-state index in [1.54, 1.807) is 39.1 Å². The number of amides is 6. The monoisotopic (exact) mass is 761 g/mol. The molecule has 0 aliphatic carbocycles. The number of carboxylic acid groups (broad SMARTS) is 3. The van der Waals surface area contributed by atoms with Crippen LogP contribution in [0.4, 0.5) is 14.0 Å². The average Bonchev–Trinajstić information content (AvgIpc) is 3.63. The van der Waals surface area contributed by atoms with Gasteiger partial charge >= 0.3 is 30.0 Å². The highest BCUT2D eigenvalue weighted by Crippen LogP contribution is 2.19. The van der Waals surface area contributed by atoms with Crippen LogP contribution in [0.1, 0.15) is 78.8 Å². The molecule has 19 nitrogen and oxygen atoms in total. The number of halogens is 1. The number of rotatable bonds is 20. The molecule has 3 rings (SSSR count). The zero-order valence-electron chi connectivity index (χ0n) is 30.3. The fourth-order valence-corrected chi connectivity index (χ4v) is 5.69. The number of aromatic nitrogens is 3. The van der Waals surface area contributed by atoms with Gasteiger partial charge in [-0.05, 0) is 70.6 Å². The minimum Gasteiger partial charge on any atom is -0.481 e. The highest BCUT2D eigenvalue weighted by molar-refractivity contribution is 6.00. The Morgan fingerprint density at radius 1 is 0.833 bits per heavy atom. The maximum atomic E-state index is 13.7. The van der Waals surface area contributed by atoms with Crippen LogP contribution >= 0.6 is 0 Å². The zero-order valence-corrected chi connectivity index (χ0v) is 30.3. The summed E-state index contributed by atoms with van der Waals surface area (Å²) in [5.74, 6) is -4.65. The van der Waals surface area contributed by atoms with E-state index in [2.05, 4.69) is 26.3 Å². The van der Waals surface area contributed by atoms with Crippen LogP contribution in [-0.2, 0) is 20.8 Å². The first-order chi connectivity index (χ1) is 25.8. The summed E-state index contributed by atoms with van der Waals surface area (Å²) in [5.41, 5.74) is 1.57. The number of aryl methyl sites for hydroxylation is 1. The van der Waals surface area contributed by atoms with Gasteiger partial charge in [0, 0.05) is 63.4 Å². The molecule has 2 atom stereocenters. The first-order valence-electron chi connectivity index (χ1n) is 17.8. The lowest BCUT2D eigenvalue weighted by Crippen LogP contribution is -2.53. The van der Waals surface area contributed by atoms with E-state index in [0.717, 1.165) is 0 Å². The van der Waals surface area contributed by atoms with Gasteiger partial charge in [0.05, 0.1) is 24.3 Å². The number of benzene rings is 1. The molecule has 6 N–H and O–H groups in total. The van der Waals surface area contributed by atoms with Crippen molar-refractivity contribution in [2.24, 2.45) is 0 Å². The maximum absolute atomic E-state index is 13.7. The fraction of sp³-hybridized carbons (Fsp3) is 0.559. The molecule has 0 radical (unpaired) electrons. The first kappa shape index (κ1) is 42.6. The molecule has 1 fully saturated rings. The molecule has 54 heavy (non-hydrogen) atoms. The second-order valence-electron chi connectivity index (χ2n) is 12.5. The Balaban J connectivity index is 1.53. The Morgan fingerprint density at radius 2 is 1.44 bits per heavy atom. The third-order valence-electron chi connectivity index (χ3n) is 8.74. The molecule has 1 aliphatic rings. The molecule has 20 heteroatoms.